The minimum atomic E-state index is -1.40. The number of carbonyl (C=O) groups excluding carboxylic acids is 1. The van der Waals surface area contributed by atoms with Crippen molar-refractivity contribution in [3.05, 3.63) is 0 Å². The van der Waals surface area contributed by atoms with Gasteiger partial charge < -0.3 is 15.5 Å². The number of amides is 1. The number of carboxylic acid groups (broad SMARTS) is 1. The second-order valence-electron chi connectivity index (χ2n) is 4.30. The molecule has 5 heteroatoms. The maximum atomic E-state index is 11.6. The highest BCUT2D eigenvalue weighted by molar-refractivity contribution is 5.78. The molecule has 0 spiro atoms. The molecule has 1 atom stereocenters. The normalized spacial score (nSPS) is 14.6. The van der Waals surface area contributed by atoms with E-state index in [9.17, 15) is 14.7 Å². The Morgan fingerprint density at radius 3 is 2.19 bits per heavy atom. The van der Waals surface area contributed by atoms with Gasteiger partial charge in [0.1, 0.15) is 0 Å². The zero-order valence-corrected chi connectivity index (χ0v) is 10.1. The number of hydrogen-bond acceptors (Lipinski definition) is 3. The number of aliphatic carboxylic acids is 1. The van der Waals surface area contributed by atoms with Crippen LogP contribution in [0.5, 0.6) is 0 Å². The van der Waals surface area contributed by atoms with Crippen LogP contribution in [0.1, 0.15) is 40.0 Å². The maximum Gasteiger partial charge on any atom is 0.306 e. The van der Waals surface area contributed by atoms with Crippen LogP contribution >= 0.6 is 0 Å². The highest BCUT2D eigenvalue weighted by atomic mass is 16.4. The van der Waals surface area contributed by atoms with Crippen LogP contribution in [-0.4, -0.2) is 34.2 Å². The molecule has 3 N–H and O–H groups in total. The third-order valence-electron chi connectivity index (χ3n) is 2.53. The fourth-order valence-electron chi connectivity index (χ4n) is 1.47. The van der Waals surface area contributed by atoms with Crippen molar-refractivity contribution in [2.75, 3.05) is 6.54 Å². The molecule has 0 rings (SSSR count). The minimum absolute atomic E-state index is 0.0331. The van der Waals surface area contributed by atoms with Gasteiger partial charge in [-0.1, -0.05) is 13.8 Å². The maximum absolute atomic E-state index is 11.6. The summed E-state index contributed by atoms with van der Waals surface area (Å²) in [5.41, 5.74) is -1.40. The highest BCUT2D eigenvalue weighted by Crippen LogP contribution is 2.10. The lowest BCUT2D eigenvalue weighted by atomic mass is 10.00. The van der Waals surface area contributed by atoms with Gasteiger partial charge in [0.25, 0.3) is 0 Å². The van der Waals surface area contributed by atoms with Gasteiger partial charge in [-0.15, -0.1) is 0 Å². The van der Waals surface area contributed by atoms with Crippen LogP contribution in [0.15, 0.2) is 0 Å². The van der Waals surface area contributed by atoms with Crippen LogP contribution < -0.4 is 5.32 Å². The number of nitrogens with one attached hydrogen (secondary N) is 1. The molecule has 0 saturated carbocycles. The lowest BCUT2D eigenvalue weighted by Gasteiger charge is -2.23. The molecular formula is C11H21NO4. The molecule has 5 nitrogen and oxygen atoms in total. The van der Waals surface area contributed by atoms with E-state index in [0.717, 1.165) is 12.8 Å². The first-order chi connectivity index (χ1) is 7.32. The van der Waals surface area contributed by atoms with Gasteiger partial charge in [0.2, 0.25) is 5.91 Å². The molecule has 0 aromatic carbocycles. The van der Waals surface area contributed by atoms with Gasteiger partial charge >= 0.3 is 5.97 Å². The van der Waals surface area contributed by atoms with Crippen LogP contribution in [0.25, 0.3) is 0 Å². The van der Waals surface area contributed by atoms with Crippen LogP contribution in [0.2, 0.25) is 0 Å². The Morgan fingerprint density at radius 1 is 1.31 bits per heavy atom. The summed E-state index contributed by atoms with van der Waals surface area (Å²) < 4.78 is 0. The minimum Gasteiger partial charge on any atom is -0.481 e. The Bertz CT molecular complexity index is 246. The van der Waals surface area contributed by atoms with Gasteiger partial charge in [-0.2, -0.15) is 0 Å². The summed E-state index contributed by atoms with van der Waals surface area (Å²) in [5.74, 6) is -1.28. The summed E-state index contributed by atoms with van der Waals surface area (Å²) >= 11 is 0. The second kappa shape index (κ2) is 6.48. The number of carboxylic acids is 1. The van der Waals surface area contributed by atoms with Gasteiger partial charge in [-0.3, -0.25) is 9.59 Å². The van der Waals surface area contributed by atoms with Crippen molar-refractivity contribution in [2.24, 2.45) is 5.92 Å². The van der Waals surface area contributed by atoms with Crippen molar-refractivity contribution in [3.8, 4) is 0 Å². The molecule has 0 aliphatic heterocycles. The summed E-state index contributed by atoms with van der Waals surface area (Å²) in [6.07, 6.45) is 1.10. The molecule has 0 radical (unpaired) electrons. The summed E-state index contributed by atoms with van der Waals surface area (Å²) in [4.78, 5) is 22.0. The third kappa shape index (κ3) is 5.70. The van der Waals surface area contributed by atoms with Gasteiger partial charge in [-0.05, 0) is 19.8 Å². The Labute approximate surface area is 95.9 Å². The monoisotopic (exact) mass is 231 g/mol. The topological polar surface area (TPSA) is 86.6 Å². The molecule has 16 heavy (non-hydrogen) atoms. The molecule has 0 bridgehead atoms. The van der Waals surface area contributed by atoms with Crippen molar-refractivity contribution >= 4 is 11.9 Å². The van der Waals surface area contributed by atoms with Crippen molar-refractivity contribution in [2.45, 2.75) is 45.6 Å². The summed E-state index contributed by atoms with van der Waals surface area (Å²) in [7, 11) is 0. The van der Waals surface area contributed by atoms with Crippen molar-refractivity contribution < 1.29 is 19.8 Å². The lowest BCUT2D eigenvalue weighted by Crippen LogP contribution is -2.43. The first-order valence-electron chi connectivity index (χ1n) is 5.54. The first kappa shape index (κ1) is 14.9. The summed E-state index contributed by atoms with van der Waals surface area (Å²) in [5, 5.41) is 20.8. The smallest absolute Gasteiger partial charge is 0.306 e. The van der Waals surface area contributed by atoms with Gasteiger partial charge in [0.05, 0.1) is 12.0 Å². The summed E-state index contributed by atoms with van der Waals surface area (Å²) in [6.45, 7) is 5.20. The van der Waals surface area contributed by atoms with E-state index in [1.165, 1.54) is 6.92 Å². The van der Waals surface area contributed by atoms with E-state index in [0.29, 0.717) is 0 Å². The highest BCUT2D eigenvalue weighted by Gasteiger charge is 2.25. The van der Waals surface area contributed by atoms with Crippen molar-refractivity contribution in [1.82, 2.24) is 5.32 Å². The van der Waals surface area contributed by atoms with Crippen molar-refractivity contribution in [1.29, 1.82) is 0 Å². The van der Waals surface area contributed by atoms with Crippen LogP contribution in [0.4, 0.5) is 0 Å². The van der Waals surface area contributed by atoms with Crippen LogP contribution in [-0.2, 0) is 9.59 Å². The summed E-state index contributed by atoms with van der Waals surface area (Å²) in [6, 6.07) is 0. The Hall–Kier alpha value is -1.10. The van der Waals surface area contributed by atoms with E-state index in [-0.39, 0.29) is 24.8 Å². The number of aliphatic hydroxyl groups is 1. The van der Waals surface area contributed by atoms with Gasteiger partial charge in [0, 0.05) is 12.5 Å². The Balaban J connectivity index is 4.12. The molecule has 0 aliphatic carbocycles. The third-order valence-corrected chi connectivity index (χ3v) is 2.53. The van der Waals surface area contributed by atoms with E-state index < -0.39 is 11.6 Å². The lowest BCUT2D eigenvalue weighted by molar-refractivity contribution is -0.142. The number of hydrogen-bond donors (Lipinski definition) is 3. The molecule has 94 valence electrons. The molecular weight excluding hydrogens is 210 g/mol. The zero-order chi connectivity index (χ0) is 12.8. The fourth-order valence-corrected chi connectivity index (χ4v) is 1.47. The van der Waals surface area contributed by atoms with E-state index in [4.69, 9.17) is 5.11 Å². The Kier molecular flexibility index (Phi) is 6.03. The molecule has 0 aliphatic rings. The molecule has 0 aromatic rings. The quantitative estimate of drug-likeness (QED) is 0.604. The first-order valence-corrected chi connectivity index (χ1v) is 5.54. The van der Waals surface area contributed by atoms with Gasteiger partial charge in [0.15, 0.2) is 0 Å². The van der Waals surface area contributed by atoms with E-state index in [2.05, 4.69) is 5.32 Å². The SMILES string of the molecule is CCC(CC)C(=O)NCC(C)(O)CC(=O)O. The average Bonchev–Trinajstić information content (AvgIpc) is 2.15. The molecule has 0 fully saturated rings. The number of carbonyl (C=O) groups is 2. The van der Waals surface area contributed by atoms with E-state index >= 15 is 0 Å². The fraction of sp³-hybridized carbons (Fsp3) is 0.818. The zero-order valence-electron chi connectivity index (χ0n) is 10.1. The largest absolute Gasteiger partial charge is 0.481 e. The van der Waals surface area contributed by atoms with E-state index in [1.54, 1.807) is 0 Å². The molecule has 0 aromatic heterocycles. The molecule has 0 heterocycles. The van der Waals surface area contributed by atoms with Crippen LogP contribution in [0, 0.1) is 5.92 Å². The molecule has 1 unspecified atom stereocenters. The molecule has 1 amide bonds. The number of rotatable bonds is 7. The second-order valence-corrected chi connectivity index (χ2v) is 4.30. The Morgan fingerprint density at radius 2 is 1.81 bits per heavy atom. The van der Waals surface area contributed by atoms with Crippen molar-refractivity contribution in [3.63, 3.8) is 0 Å². The van der Waals surface area contributed by atoms with E-state index in [1.807, 2.05) is 13.8 Å². The van der Waals surface area contributed by atoms with Gasteiger partial charge in [-0.25, -0.2) is 0 Å². The molecule has 0 saturated heterocycles. The average molecular weight is 231 g/mol. The predicted molar refractivity (Wildman–Crippen MR) is 60.0 cm³/mol. The standard InChI is InChI=1S/C11H21NO4/c1-4-8(5-2)10(15)12-7-11(3,16)6-9(13)14/h8,16H,4-7H2,1-3H3,(H,12,15)(H,13,14). The predicted octanol–water partition coefficient (Wildman–Crippen LogP) is 0.764. The van der Waals surface area contributed by atoms with Crippen LogP contribution in [0.3, 0.4) is 0 Å².